The van der Waals surface area contributed by atoms with Crippen molar-refractivity contribution in [2.75, 3.05) is 5.32 Å². The standard InChI is InChI=1S/C16H9F2N5OS/c17-9-6-11(18)14-13(7-9)25-16(20-14)21-15(24)12-8-19-23(22-12)10-4-2-1-3-5-10/h1-8H,(H,20,21,24). The van der Waals surface area contributed by atoms with Crippen LogP contribution in [0.15, 0.2) is 48.7 Å². The molecule has 0 radical (unpaired) electrons. The monoisotopic (exact) mass is 357 g/mol. The average molecular weight is 357 g/mol. The van der Waals surface area contributed by atoms with E-state index in [1.165, 1.54) is 11.0 Å². The number of rotatable bonds is 3. The number of hydrogen-bond donors (Lipinski definition) is 1. The molecule has 124 valence electrons. The first-order chi connectivity index (χ1) is 12.1. The molecule has 2 aromatic carbocycles. The maximum absolute atomic E-state index is 13.7. The third kappa shape index (κ3) is 2.96. The number of amides is 1. The van der Waals surface area contributed by atoms with E-state index in [9.17, 15) is 13.6 Å². The highest BCUT2D eigenvalue weighted by atomic mass is 32.1. The van der Waals surface area contributed by atoms with Gasteiger partial charge in [0.25, 0.3) is 5.91 Å². The van der Waals surface area contributed by atoms with Crippen LogP contribution in [-0.4, -0.2) is 25.9 Å². The molecule has 0 saturated heterocycles. The van der Waals surface area contributed by atoms with E-state index in [1.54, 1.807) is 12.1 Å². The van der Waals surface area contributed by atoms with Crippen LogP contribution in [0.1, 0.15) is 10.5 Å². The van der Waals surface area contributed by atoms with Gasteiger partial charge in [0, 0.05) is 6.07 Å². The summed E-state index contributed by atoms with van der Waals surface area (Å²) in [5, 5.41) is 10.8. The van der Waals surface area contributed by atoms with Crippen molar-refractivity contribution < 1.29 is 13.6 Å². The molecule has 4 aromatic rings. The van der Waals surface area contributed by atoms with Crippen LogP contribution in [0.5, 0.6) is 0 Å². The Hall–Kier alpha value is -3.20. The van der Waals surface area contributed by atoms with Gasteiger partial charge < -0.3 is 0 Å². The Bertz CT molecular complexity index is 1080. The van der Waals surface area contributed by atoms with Crippen molar-refractivity contribution in [3.8, 4) is 5.69 Å². The molecule has 0 bridgehead atoms. The smallest absolute Gasteiger partial charge is 0.279 e. The summed E-state index contributed by atoms with van der Waals surface area (Å²) in [5.41, 5.74) is 0.795. The van der Waals surface area contributed by atoms with Gasteiger partial charge in [-0.3, -0.25) is 10.1 Å². The first kappa shape index (κ1) is 15.3. The summed E-state index contributed by atoms with van der Waals surface area (Å²) in [6, 6.07) is 11.0. The molecule has 4 rings (SSSR count). The molecule has 0 saturated carbocycles. The summed E-state index contributed by atoms with van der Waals surface area (Å²) >= 11 is 0.974. The first-order valence-corrected chi connectivity index (χ1v) is 7.96. The van der Waals surface area contributed by atoms with Gasteiger partial charge in [-0.2, -0.15) is 9.90 Å². The minimum atomic E-state index is -0.776. The molecule has 2 heterocycles. The molecule has 2 aromatic heterocycles. The molecule has 0 aliphatic rings. The van der Waals surface area contributed by atoms with Gasteiger partial charge in [-0.25, -0.2) is 13.8 Å². The van der Waals surface area contributed by atoms with Gasteiger partial charge in [-0.05, 0) is 18.2 Å². The second-order valence-electron chi connectivity index (χ2n) is 5.06. The van der Waals surface area contributed by atoms with Gasteiger partial charge in [0.2, 0.25) is 0 Å². The van der Waals surface area contributed by atoms with Crippen LogP contribution < -0.4 is 5.32 Å². The number of nitrogens with one attached hydrogen (secondary N) is 1. The molecule has 0 fully saturated rings. The van der Waals surface area contributed by atoms with Gasteiger partial charge in [-0.1, -0.05) is 29.5 Å². The Morgan fingerprint density at radius 3 is 2.76 bits per heavy atom. The van der Waals surface area contributed by atoms with Crippen LogP contribution in [-0.2, 0) is 0 Å². The summed E-state index contributed by atoms with van der Waals surface area (Å²) in [4.78, 5) is 17.6. The van der Waals surface area contributed by atoms with Crippen molar-refractivity contribution in [3.63, 3.8) is 0 Å². The predicted molar refractivity (Wildman–Crippen MR) is 88.8 cm³/mol. The lowest BCUT2D eigenvalue weighted by Crippen LogP contribution is -2.13. The number of thiazole rings is 1. The minimum absolute atomic E-state index is 0.00893. The maximum Gasteiger partial charge on any atom is 0.279 e. The van der Waals surface area contributed by atoms with Crippen molar-refractivity contribution in [2.45, 2.75) is 0 Å². The number of carbonyl (C=O) groups excluding carboxylic acids is 1. The molecule has 0 spiro atoms. The number of para-hydroxylation sites is 1. The van der Waals surface area contributed by atoms with E-state index in [0.29, 0.717) is 10.4 Å². The van der Waals surface area contributed by atoms with Gasteiger partial charge in [0.1, 0.15) is 11.3 Å². The second kappa shape index (κ2) is 6.02. The molecule has 0 unspecified atom stereocenters. The summed E-state index contributed by atoms with van der Waals surface area (Å²) in [7, 11) is 0. The highest BCUT2D eigenvalue weighted by Crippen LogP contribution is 2.28. The number of anilines is 1. The van der Waals surface area contributed by atoms with Crippen molar-refractivity contribution in [1.82, 2.24) is 20.0 Å². The Balaban J connectivity index is 1.58. The zero-order chi connectivity index (χ0) is 17.4. The molecule has 6 nitrogen and oxygen atoms in total. The fourth-order valence-electron chi connectivity index (χ4n) is 2.22. The predicted octanol–water partition coefficient (Wildman–Crippen LogP) is 3.41. The van der Waals surface area contributed by atoms with E-state index in [-0.39, 0.29) is 16.3 Å². The zero-order valence-corrected chi connectivity index (χ0v) is 13.3. The summed E-state index contributed by atoms with van der Waals surface area (Å²) < 4.78 is 27.2. The highest BCUT2D eigenvalue weighted by molar-refractivity contribution is 7.22. The largest absolute Gasteiger partial charge is 0.296 e. The summed E-state index contributed by atoms with van der Waals surface area (Å²) in [6.45, 7) is 0. The fourth-order valence-corrected chi connectivity index (χ4v) is 3.12. The lowest BCUT2D eigenvalue weighted by molar-refractivity contribution is 0.102. The first-order valence-electron chi connectivity index (χ1n) is 7.15. The van der Waals surface area contributed by atoms with Crippen LogP contribution in [0, 0.1) is 11.6 Å². The number of hydrogen-bond acceptors (Lipinski definition) is 5. The maximum atomic E-state index is 13.7. The summed E-state index contributed by atoms with van der Waals surface area (Å²) in [6.07, 6.45) is 1.32. The molecule has 9 heteroatoms. The van der Waals surface area contributed by atoms with E-state index < -0.39 is 17.5 Å². The van der Waals surface area contributed by atoms with Crippen LogP contribution in [0.2, 0.25) is 0 Å². The van der Waals surface area contributed by atoms with Crippen LogP contribution >= 0.6 is 11.3 Å². The van der Waals surface area contributed by atoms with Gasteiger partial charge in [0.05, 0.1) is 16.6 Å². The number of benzene rings is 2. The highest BCUT2D eigenvalue weighted by Gasteiger charge is 2.16. The van der Waals surface area contributed by atoms with Crippen molar-refractivity contribution in [1.29, 1.82) is 0 Å². The summed E-state index contributed by atoms with van der Waals surface area (Å²) in [5.74, 6) is -2.01. The number of aromatic nitrogens is 4. The van der Waals surface area contributed by atoms with Gasteiger partial charge in [0.15, 0.2) is 16.6 Å². The van der Waals surface area contributed by atoms with E-state index in [2.05, 4.69) is 20.5 Å². The Morgan fingerprint density at radius 1 is 1.16 bits per heavy atom. The van der Waals surface area contributed by atoms with Crippen molar-refractivity contribution >= 4 is 32.6 Å². The molecular formula is C16H9F2N5OS. The Labute approximate surface area is 143 Å². The van der Waals surface area contributed by atoms with E-state index in [0.717, 1.165) is 23.5 Å². The van der Waals surface area contributed by atoms with E-state index in [1.807, 2.05) is 18.2 Å². The topological polar surface area (TPSA) is 72.7 Å². The van der Waals surface area contributed by atoms with Gasteiger partial charge in [-0.15, -0.1) is 5.10 Å². The minimum Gasteiger partial charge on any atom is -0.296 e. The molecule has 1 N–H and O–H groups in total. The quantitative estimate of drug-likeness (QED) is 0.610. The number of fused-ring (bicyclic) bond motifs is 1. The lowest BCUT2D eigenvalue weighted by Gasteiger charge is -1.98. The molecule has 0 aliphatic carbocycles. The molecule has 25 heavy (non-hydrogen) atoms. The fraction of sp³-hybridized carbons (Fsp3) is 0. The Morgan fingerprint density at radius 2 is 1.96 bits per heavy atom. The average Bonchev–Trinajstić information content (AvgIpc) is 3.22. The molecule has 0 atom stereocenters. The lowest BCUT2D eigenvalue weighted by atomic mass is 10.3. The van der Waals surface area contributed by atoms with Crippen molar-refractivity contribution in [2.24, 2.45) is 0 Å². The third-order valence-electron chi connectivity index (χ3n) is 3.35. The number of halogens is 2. The molecule has 1 amide bonds. The van der Waals surface area contributed by atoms with E-state index >= 15 is 0 Å². The zero-order valence-electron chi connectivity index (χ0n) is 12.5. The number of carbonyl (C=O) groups is 1. The second-order valence-corrected chi connectivity index (χ2v) is 6.09. The van der Waals surface area contributed by atoms with Crippen LogP contribution in [0.3, 0.4) is 0 Å². The van der Waals surface area contributed by atoms with Crippen LogP contribution in [0.4, 0.5) is 13.9 Å². The number of nitrogens with zero attached hydrogens (tertiary/aromatic N) is 4. The van der Waals surface area contributed by atoms with Gasteiger partial charge >= 0.3 is 0 Å². The SMILES string of the molecule is O=C(Nc1nc2c(F)cc(F)cc2s1)c1cnn(-c2ccccc2)n1. The Kier molecular flexibility index (Phi) is 3.69. The molecule has 0 aliphatic heterocycles. The molecular weight excluding hydrogens is 348 g/mol. The third-order valence-corrected chi connectivity index (χ3v) is 4.26. The normalized spacial score (nSPS) is 11.0. The van der Waals surface area contributed by atoms with Crippen LogP contribution in [0.25, 0.3) is 15.9 Å². The van der Waals surface area contributed by atoms with E-state index in [4.69, 9.17) is 0 Å². The van der Waals surface area contributed by atoms with Crippen molar-refractivity contribution in [3.05, 3.63) is 66.0 Å².